The number of ether oxygens (including phenoxy) is 1. The van der Waals surface area contributed by atoms with Crippen molar-refractivity contribution in [2.45, 2.75) is 24.8 Å². The maximum atomic E-state index is 12.0. The third-order valence-electron chi connectivity index (χ3n) is 2.53. The number of carbonyl (C=O) groups excluding carboxylic acids is 1. The van der Waals surface area contributed by atoms with E-state index < -0.39 is 15.9 Å². The van der Waals surface area contributed by atoms with Crippen molar-refractivity contribution in [3.05, 3.63) is 48.4 Å². The van der Waals surface area contributed by atoms with Gasteiger partial charge >= 0.3 is 0 Å². The standard InChI is InChI=1S/C14H15N3O4S/c1-10(2)21-13-6-5-11(8-16-13)14(18)17-22(19,20)12-4-3-7-15-9-12/h3-10H,1-2H3,(H,17,18). The van der Waals surface area contributed by atoms with Crippen molar-refractivity contribution in [2.24, 2.45) is 0 Å². The molecule has 0 unspecified atom stereocenters. The molecule has 0 aliphatic carbocycles. The Morgan fingerprint density at radius 2 is 2.00 bits per heavy atom. The quantitative estimate of drug-likeness (QED) is 0.893. The summed E-state index contributed by atoms with van der Waals surface area (Å²) in [4.78, 5) is 19.6. The molecule has 2 aromatic heterocycles. The van der Waals surface area contributed by atoms with E-state index >= 15 is 0 Å². The average Bonchev–Trinajstić information content (AvgIpc) is 2.48. The molecule has 0 spiro atoms. The van der Waals surface area contributed by atoms with Gasteiger partial charge in [0.15, 0.2) is 0 Å². The van der Waals surface area contributed by atoms with Crippen LogP contribution in [-0.2, 0) is 10.0 Å². The smallest absolute Gasteiger partial charge is 0.266 e. The van der Waals surface area contributed by atoms with E-state index in [4.69, 9.17) is 4.74 Å². The number of amides is 1. The van der Waals surface area contributed by atoms with Crippen LogP contribution < -0.4 is 9.46 Å². The highest BCUT2D eigenvalue weighted by atomic mass is 32.2. The van der Waals surface area contributed by atoms with Crippen LogP contribution in [0.25, 0.3) is 0 Å². The van der Waals surface area contributed by atoms with Gasteiger partial charge < -0.3 is 4.74 Å². The summed E-state index contributed by atoms with van der Waals surface area (Å²) >= 11 is 0. The number of pyridine rings is 2. The Balaban J connectivity index is 2.12. The predicted molar refractivity (Wildman–Crippen MR) is 78.9 cm³/mol. The molecular formula is C14H15N3O4S. The molecule has 0 bridgehead atoms. The Kier molecular flexibility index (Phi) is 4.71. The first-order valence-electron chi connectivity index (χ1n) is 6.48. The maximum Gasteiger partial charge on any atom is 0.266 e. The molecule has 2 aromatic rings. The molecular weight excluding hydrogens is 306 g/mol. The van der Waals surface area contributed by atoms with Gasteiger partial charge in [0.1, 0.15) is 4.90 Å². The molecule has 22 heavy (non-hydrogen) atoms. The summed E-state index contributed by atoms with van der Waals surface area (Å²) in [6.07, 6.45) is 3.82. The fourth-order valence-electron chi connectivity index (χ4n) is 1.57. The minimum Gasteiger partial charge on any atom is -0.475 e. The van der Waals surface area contributed by atoms with Crippen molar-refractivity contribution < 1.29 is 17.9 Å². The number of rotatable bonds is 5. The van der Waals surface area contributed by atoms with Crippen LogP contribution in [0.2, 0.25) is 0 Å². The lowest BCUT2D eigenvalue weighted by Gasteiger charge is -2.09. The first-order valence-corrected chi connectivity index (χ1v) is 7.96. The van der Waals surface area contributed by atoms with Gasteiger partial charge in [-0.1, -0.05) is 0 Å². The van der Waals surface area contributed by atoms with Gasteiger partial charge in [-0.2, -0.15) is 0 Å². The minimum atomic E-state index is -3.96. The van der Waals surface area contributed by atoms with E-state index in [1.54, 1.807) is 0 Å². The third-order valence-corrected chi connectivity index (χ3v) is 3.84. The van der Waals surface area contributed by atoms with Crippen LogP contribution in [-0.4, -0.2) is 30.4 Å². The second-order valence-electron chi connectivity index (χ2n) is 4.68. The minimum absolute atomic E-state index is 0.0434. The summed E-state index contributed by atoms with van der Waals surface area (Å²) in [6.45, 7) is 3.70. The SMILES string of the molecule is CC(C)Oc1ccc(C(=O)NS(=O)(=O)c2cccnc2)cn1. The summed E-state index contributed by atoms with van der Waals surface area (Å²) in [5, 5.41) is 0. The highest BCUT2D eigenvalue weighted by Crippen LogP contribution is 2.11. The van der Waals surface area contributed by atoms with E-state index in [0.29, 0.717) is 5.88 Å². The number of nitrogens with zero attached hydrogens (tertiary/aromatic N) is 2. The van der Waals surface area contributed by atoms with Gasteiger partial charge in [-0.25, -0.2) is 18.1 Å². The van der Waals surface area contributed by atoms with E-state index in [0.717, 1.165) is 6.20 Å². The number of hydrogen-bond acceptors (Lipinski definition) is 6. The lowest BCUT2D eigenvalue weighted by atomic mass is 10.3. The van der Waals surface area contributed by atoms with E-state index in [2.05, 4.69) is 9.97 Å². The number of carbonyl (C=O) groups is 1. The molecule has 0 saturated carbocycles. The highest BCUT2D eigenvalue weighted by molar-refractivity contribution is 7.90. The molecule has 7 nitrogen and oxygen atoms in total. The molecule has 0 atom stereocenters. The summed E-state index contributed by atoms with van der Waals surface area (Å²) in [5.74, 6) is -0.408. The Morgan fingerprint density at radius 3 is 2.55 bits per heavy atom. The number of nitrogens with one attached hydrogen (secondary N) is 1. The lowest BCUT2D eigenvalue weighted by Crippen LogP contribution is -2.30. The van der Waals surface area contributed by atoms with Crippen LogP contribution >= 0.6 is 0 Å². The molecule has 116 valence electrons. The molecule has 1 N–H and O–H groups in total. The third kappa shape index (κ3) is 4.01. The second kappa shape index (κ2) is 6.52. The topological polar surface area (TPSA) is 98.2 Å². The van der Waals surface area contributed by atoms with Crippen LogP contribution in [0, 0.1) is 0 Å². The Labute approximate surface area is 128 Å². The van der Waals surface area contributed by atoms with Crippen LogP contribution in [0.5, 0.6) is 5.88 Å². The first-order chi connectivity index (χ1) is 10.4. The number of hydrogen-bond donors (Lipinski definition) is 1. The monoisotopic (exact) mass is 321 g/mol. The van der Waals surface area contributed by atoms with Gasteiger partial charge in [-0.3, -0.25) is 9.78 Å². The zero-order valence-corrected chi connectivity index (χ0v) is 12.9. The molecule has 0 fully saturated rings. The Morgan fingerprint density at radius 1 is 1.23 bits per heavy atom. The molecule has 0 aromatic carbocycles. The molecule has 0 aliphatic rings. The molecule has 0 aliphatic heterocycles. The van der Waals surface area contributed by atoms with Gasteiger partial charge in [-0.05, 0) is 32.0 Å². The van der Waals surface area contributed by atoms with Crippen LogP contribution in [0.4, 0.5) is 0 Å². The van der Waals surface area contributed by atoms with Crippen molar-refractivity contribution in [3.8, 4) is 5.88 Å². The summed E-state index contributed by atoms with van der Waals surface area (Å²) in [5.41, 5.74) is 0.114. The molecule has 2 heterocycles. The van der Waals surface area contributed by atoms with Gasteiger partial charge in [0.25, 0.3) is 15.9 Å². The highest BCUT2D eigenvalue weighted by Gasteiger charge is 2.19. The lowest BCUT2D eigenvalue weighted by molar-refractivity contribution is 0.0981. The van der Waals surface area contributed by atoms with E-state index in [-0.39, 0.29) is 16.6 Å². The zero-order chi connectivity index (χ0) is 16.2. The fraction of sp³-hybridized carbons (Fsp3) is 0.214. The van der Waals surface area contributed by atoms with Gasteiger partial charge in [0.2, 0.25) is 5.88 Å². The van der Waals surface area contributed by atoms with Crippen molar-refractivity contribution >= 4 is 15.9 Å². The van der Waals surface area contributed by atoms with E-state index in [1.165, 1.54) is 36.7 Å². The molecule has 0 radical (unpaired) electrons. The first kappa shape index (κ1) is 15.9. The predicted octanol–water partition coefficient (Wildman–Crippen LogP) is 1.38. The molecule has 2 rings (SSSR count). The Hall–Kier alpha value is -2.48. The van der Waals surface area contributed by atoms with E-state index in [9.17, 15) is 13.2 Å². The van der Waals surface area contributed by atoms with Gasteiger partial charge in [0.05, 0.1) is 11.7 Å². The van der Waals surface area contributed by atoms with Crippen molar-refractivity contribution in [1.82, 2.24) is 14.7 Å². The molecule has 8 heteroatoms. The van der Waals surface area contributed by atoms with Crippen molar-refractivity contribution in [1.29, 1.82) is 0 Å². The second-order valence-corrected chi connectivity index (χ2v) is 6.36. The van der Waals surface area contributed by atoms with Crippen LogP contribution in [0.3, 0.4) is 0 Å². The Bertz CT molecular complexity index is 743. The number of sulfonamides is 1. The maximum absolute atomic E-state index is 12.0. The zero-order valence-electron chi connectivity index (χ0n) is 12.1. The van der Waals surface area contributed by atoms with Crippen LogP contribution in [0.1, 0.15) is 24.2 Å². The van der Waals surface area contributed by atoms with Gasteiger partial charge in [-0.15, -0.1) is 0 Å². The van der Waals surface area contributed by atoms with Crippen LogP contribution in [0.15, 0.2) is 47.8 Å². The summed E-state index contributed by atoms with van der Waals surface area (Å²) in [7, 11) is -3.96. The van der Waals surface area contributed by atoms with Crippen molar-refractivity contribution in [3.63, 3.8) is 0 Å². The fourth-order valence-corrected chi connectivity index (χ4v) is 2.51. The number of aromatic nitrogens is 2. The largest absolute Gasteiger partial charge is 0.475 e. The summed E-state index contributed by atoms with van der Waals surface area (Å²) in [6, 6.07) is 5.77. The average molecular weight is 321 g/mol. The molecule has 0 saturated heterocycles. The van der Waals surface area contributed by atoms with E-state index in [1.807, 2.05) is 18.6 Å². The van der Waals surface area contributed by atoms with Gasteiger partial charge in [0, 0.05) is 24.7 Å². The van der Waals surface area contributed by atoms with Crippen molar-refractivity contribution in [2.75, 3.05) is 0 Å². The molecule has 1 amide bonds. The normalized spacial score (nSPS) is 11.2. The summed E-state index contributed by atoms with van der Waals surface area (Å²) < 4.78 is 31.3.